The highest BCUT2D eigenvalue weighted by Crippen LogP contribution is 2.46. The van der Waals surface area contributed by atoms with Gasteiger partial charge in [0.15, 0.2) is 0 Å². The first-order chi connectivity index (χ1) is 18.1. The van der Waals surface area contributed by atoms with Crippen molar-refractivity contribution >= 4 is 11.8 Å². The number of hydrogen-bond donors (Lipinski definition) is 0. The number of fused-ring (bicyclic) bond motifs is 2. The fourth-order valence-corrected chi connectivity index (χ4v) is 6.56. The molecule has 3 fully saturated rings. The fraction of sp³-hybridized carbons (Fsp3) is 0.552. The normalized spacial score (nSPS) is 22.2. The number of hydrogen-bond acceptors (Lipinski definition) is 6. The minimum Gasteiger partial charge on any atom is -0.497 e. The second kappa shape index (κ2) is 10.1. The maximum Gasteiger partial charge on any atom is 0.256 e. The van der Waals surface area contributed by atoms with E-state index in [9.17, 15) is 9.59 Å². The molecule has 1 aromatic carbocycles. The summed E-state index contributed by atoms with van der Waals surface area (Å²) in [5, 5.41) is 0. The van der Waals surface area contributed by atoms with Crippen molar-refractivity contribution in [3.63, 3.8) is 0 Å². The average Bonchev–Trinajstić information content (AvgIpc) is 3.12. The van der Waals surface area contributed by atoms with Crippen molar-refractivity contribution in [3.8, 4) is 5.75 Å². The molecule has 1 spiro atoms. The van der Waals surface area contributed by atoms with Crippen molar-refractivity contribution in [2.45, 2.75) is 50.2 Å². The number of rotatable bonds is 6. The average molecular weight is 504 g/mol. The monoisotopic (exact) mass is 503 g/mol. The molecular weight excluding hydrogens is 466 g/mol. The summed E-state index contributed by atoms with van der Waals surface area (Å²) in [4.78, 5) is 40.3. The largest absolute Gasteiger partial charge is 0.497 e. The molecule has 0 unspecified atom stereocenters. The third-order valence-electron chi connectivity index (χ3n) is 9.02. The lowest BCUT2D eigenvalue weighted by Gasteiger charge is -2.45. The van der Waals surface area contributed by atoms with Crippen LogP contribution in [0.25, 0.3) is 0 Å². The topological polar surface area (TPSA) is 69.2 Å². The van der Waals surface area contributed by atoms with Gasteiger partial charge >= 0.3 is 0 Å². The number of ether oxygens (including phenoxy) is 1. The SMILES string of the molecule is COc1cccc(CN2C(=O)c3cccnc3C23CCN(CC(=O)N2CCN(C4CCC4)CC2)CC3)c1. The molecule has 0 atom stereocenters. The van der Waals surface area contributed by atoms with Crippen molar-refractivity contribution in [2.24, 2.45) is 0 Å². The van der Waals surface area contributed by atoms with E-state index in [1.807, 2.05) is 46.2 Å². The van der Waals surface area contributed by atoms with Gasteiger partial charge in [-0.15, -0.1) is 0 Å². The van der Waals surface area contributed by atoms with Gasteiger partial charge in [0, 0.05) is 58.1 Å². The van der Waals surface area contributed by atoms with Gasteiger partial charge in [-0.2, -0.15) is 0 Å². The molecule has 4 heterocycles. The summed E-state index contributed by atoms with van der Waals surface area (Å²) in [7, 11) is 1.66. The van der Waals surface area contributed by atoms with Crippen molar-refractivity contribution in [2.75, 3.05) is 52.9 Å². The molecule has 2 saturated heterocycles. The Bertz CT molecular complexity index is 1150. The van der Waals surface area contributed by atoms with Gasteiger partial charge in [-0.25, -0.2) is 0 Å². The summed E-state index contributed by atoms with van der Waals surface area (Å²) in [5.41, 5.74) is 2.20. The van der Waals surface area contributed by atoms with E-state index in [1.54, 1.807) is 13.3 Å². The maximum atomic E-state index is 13.6. The number of pyridine rings is 1. The van der Waals surface area contributed by atoms with Crippen LogP contribution in [0.3, 0.4) is 0 Å². The highest BCUT2D eigenvalue weighted by molar-refractivity contribution is 5.99. The van der Waals surface area contributed by atoms with E-state index in [0.717, 1.165) is 75.2 Å². The van der Waals surface area contributed by atoms with Crippen LogP contribution in [-0.2, 0) is 16.9 Å². The molecule has 2 amide bonds. The Balaban J connectivity index is 1.13. The first-order valence-corrected chi connectivity index (χ1v) is 13.7. The summed E-state index contributed by atoms with van der Waals surface area (Å²) in [5.74, 6) is 1.06. The third kappa shape index (κ3) is 4.50. The van der Waals surface area contributed by atoms with Crippen LogP contribution in [0.2, 0.25) is 0 Å². The molecule has 8 nitrogen and oxygen atoms in total. The highest BCUT2D eigenvalue weighted by atomic mass is 16.5. The second-order valence-electron chi connectivity index (χ2n) is 11.0. The number of methoxy groups -OCH3 is 1. The molecule has 0 N–H and O–H groups in total. The van der Waals surface area contributed by atoms with Gasteiger partial charge in [0.2, 0.25) is 5.91 Å². The molecular formula is C29H37N5O3. The molecule has 2 aromatic rings. The number of aromatic nitrogens is 1. The summed E-state index contributed by atoms with van der Waals surface area (Å²) in [6, 6.07) is 12.4. The van der Waals surface area contributed by atoms with Crippen LogP contribution in [-0.4, -0.2) is 95.4 Å². The van der Waals surface area contributed by atoms with Crippen LogP contribution in [0.1, 0.15) is 53.7 Å². The fourth-order valence-electron chi connectivity index (χ4n) is 6.56. The number of carbonyl (C=O) groups is 2. The number of benzene rings is 1. The summed E-state index contributed by atoms with van der Waals surface area (Å²) < 4.78 is 5.41. The van der Waals surface area contributed by atoms with Gasteiger partial charge in [0.05, 0.1) is 30.5 Å². The Morgan fingerprint density at radius 2 is 1.84 bits per heavy atom. The van der Waals surface area contributed by atoms with E-state index < -0.39 is 5.54 Å². The lowest BCUT2D eigenvalue weighted by Crippen LogP contribution is -2.56. The predicted octanol–water partition coefficient (Wildman–Crippen LogP) is 2.73. The summed E-state index contributed by atoms with van der Waals surface area (Å²) >= 11 is 0. The minimum absolute atomic E-state index is 0.0415. The van der Waals surface area contributed by atoms with Crippen LogP contribution in [0.4, 0.5) is 0 Å². The van der Waals surface area contributed by atoms with E-state index in [0.29, 0.717) is 18.7 Å². The van der Waals surface area contributed by atoms with Gasteiger partial charge in [-0.05, 0) is 55.5 Å². The van der Waals surface area contributed by atoms with Gasteiger partial charge in [0.1, 0.15) is 5.75 Å². The van der Waals surface area contributed by atoms with E-state index >= 15 is 0 Å². The first-order valence-electron chi connectivity index (χ1n) is 13.7. The van der Waals surface area contributed by atoms with E-state index in [2.05, 4.69) is 9.80 Å². The zero-order chi connectivity index (χ0) is 25.4. The number of piperazine rings is 1. The van der Waals surface area contributed by atoms with Crippen LogP contribution >= 0.6 is 0 Å². The van der Waals surface area contributed by atoms with Crippen molar-refractivity contribution in [1.82, 2.24) is 24.6 Å². The number of amides is 2. The van der Waals surface area contributed by atoms with E-state index in [4.69, 9.17) is 9.72 Å². The molecule has 0 radical (unpaired) electrons. The van der Waals surface area contributed by atoms with E-state index in [1.165, 1.54) is 19.3 Å². The maximum absolute atomic E-state index is 13.6. The smallest absolute Gasteiger partial charge is 0.256 e. The Morgan fingerprint density at radius 3 is 2.54 bits per heavy atom. The quantitative estimate of drug-likeness (QED) is 0.604. The molecule has 1 saturated carbocycles. The molecule has 37 heavy (non-hydrogen) atoms. The summed E-state index contributed by atoms with van der Waals surface area (Å²) in [6.45, 7) is 6.19. The van der Waals surface area contributed by atoms with Crippen molar-refractivity contribution < 1.29 is 14.3 Å². The van der Waals surface area contributed by atoms with Crippen molar-refractivity contribution in [3.05, 3.63) is 59.4 Å². The standard InChI is InChI=1S/C29H37N5O3/c1-37-24-8-2-5-22(19-24)20-34-28(36)25-9-4-12-30-27(25)29(34)10-13-31(14-11-29)21-26(35)33-17-15-32(16-18-33)23-6-3-7-23/h2,4-5,8-9,12,19,23H,3,6-7,10-11,13-18,20-21H2,1H3. The molecule has 1 aliphatic carbocycles. The van der Waals surface area contributed by atoms with Gasteiger partial charge in [-0.1, -0.05) is 18.6 Å². The van der Waals surface area contributed by atoms with E-state index in [-0.39, 0.29) is 11.8 Å². The summed E-state index contributed by atoms with van der Waals surface area (Å²) in [6.07, 6.45) is 7.33. The van der Waals surface area contributed by atoms with Crippen LogP contribution in [0.5, 0.6) is 5.75 Å². The predicted molar refractivity (Wildman–Crippen MR) is 140 cm³/mol. The minimum atomic E-state index is -0.440. The zero-order valence-electron chi connectivity index (χ0n) is 21.8. The molecule has 8 heteroatoms. The number of carbonyl (C=O) groups excluding carboxylic acids is 2. The lowest BCUT2D eigenvalue weighted by atomic mass is 9.83. The Hall–Kier alpha value is -2.97. The van der Waals surface area contributed by atoms with Gasteiger partial charge in [-0.3, -0.25) is 24.4 Å². The molecule has 1 aromatic heterocycles. The number of likely N-dealkylation sites (tertiary alicyclic amines) is 1. The first kappa shape index (κ1) is 24.4. The molecule has 4 aliphatic rings. The number of piperidine rings is 1. The highest BCUT2D eigenvalue weighted by Gasteiger charge is 2.52. The van der Waals surface area contributed by atoms with Gasteiger partial charge < -0.3 is 14.5 Å². The lowest BCUT2D eigenvalue weighted by molar-refractivity contribution is -0.135. The molecule has 3 aliphatic heterocycles. The van der Waals surface area contributed by atoms with Gasteiger partial charge in [0.25, 0.3) is 5.91 Å². The second-order valence-corrected chi connectivity index (χ2v) is 11.0. The van der Waals surface area contributed by atoms with Crippen LogP contribution in [0.15, 0.2) is 42.6 Å². The van der Waals surface area contributed by atoms with Crippen molar-refractivity contribution in [1.29, 1.82) is 0 Å². The molecule has 0 bridgehead atoms. The Labute approximate surface area is 219 Å². The molecule has 196 valence electrons. The number of nitrogens with zero attached hydrogens (tertiary/aromatic N) is 5. The van der Waals surface area contributed by atoms with Crippen LogP contribution in [0, 0.1) is 0 Å². The Kier molecular flexibility index (Phi) is 6.63. The van der Waals surface area contributed by atoms with Crippen LogP contribution < -0.4 is 4.74 Å². The zero-order valence-corrected chi connectivity index (χ0v) is 21.8. The Morgan fingerprint density at radius 1 is 1.05 bits per heavy atom. The third-order valence-corrected chi connectivity index (χ3v) is 9.02. The molecule has 6 rings (SSSR count).